The maximum atomic E-state index is 2.24. The minimum Gasteiger partial charge on any atom is -0.0776 e. The van der Waals surface area contributed by atoms with Gasteiger partial charge < -0.3 is 0 Å². The summed E-state index contributed by atoms with van der Waals surface area (Å²) in [6.07, 6.45) is 3.54. The summed E-state index contributed by atoms with van der Waals surface area (Å²) in [5, 5.41) is 0. The van der Waals surface area contributed by atoms with Crippen molar-refractivity contribution in [2.24, 2.45) is 0 Å². The Morgan fingerprint density at radius 1 is 0.361 bits per heavy atom. The topological polar surface area (TPSA) is 0 Å². The molecule has 0 bridgehead atoms. The molecule has 0 heterocycles. The van der Waals surface area contributed by atoms with Gasteiger partial charge in [-0.3, -0.25) is 0 Å². The highest BCUT2D eigenvalue weighted by atomic mass is 14.1. The highest BCUT2D eigenvalue weighted by molar-refractivity contribution is 5.33. The quantitative estimate of drug-likeness (QED) is 0.255. The molecule has 0 aliphatic carbocycles. The van der Waals surface area contributed by atoms with Crippen LogP contribution in [0, 0.1) is 0 Å². The standard InChI is InChI=1S/2C15H16.C3H8.3CH4/c2*1-2-15(13-9-5-3-6-10-13)14-11-7-4-8-12-14;1-3-2;;;/h2*3-12,15H,2H2,1H3;3H2,1-2H3;3*1H4. The Labute approximate surface area is 224 Å². The minimum absolute atomic E-state index is 0. The van der Waals surface area contributed by atoms with Crippen LogP contribution in [-0.2, 0) is 0 Å². The molecule has 0 fully saturated rings. The van der Waals surface area contributed by atoms with Crippen molar-refractivity contribution in [1.29, 1.82) is 0 Å². The van der Waals surface area contributed by atoms with Gasteiger partial charge in [0.1, 0.15) is 0 Å². The summed E-state index contributed by atoms with van der Waals surface area (Å²) in [5.41, 5.74) is 5.63. The lowest BCUT2D eigenvalue weighted by atomic mass is 9.89. The molecule has 0 amide bonds. The van der Waals surface area contributed by atoms with Crippen LogP contribution in [0.4, 0.5) is 0 Å². The van der Waals surface area contributed by atoms with Crippen LogP contribution in [-0.4, -0.2) is 0 Å². The van der Waals surface area contributed by atoms with E-state index in [4.69, 9.17) is 0 Å². The van der Waals surface area contributed by atoms with E-state index < -0.39 is 0 Å². The molecule has 0 N–H and O–H groups in total. The van der Waals surface area contributed by atoms with Gasteiger partial charge in [0, 0.05) is 11.8 Å². The third kappa shape index (κ3) is 11.5. The van der Waals surface area contributed by atoms with Crippen molar-refractivity contribution < 1.29 is 0 Å². The zero-order valence-corrected chi connectivity index (χ0v) is 20.8. The number of hydrogen-bond acceptors (Lipinski definition) is 0. The number of benzene rings is 4. The van der Waals surface area contributed by atoms with Gasteiger partial charge in [0.25, 0.3) is 0 Å². The summed E-state index contributed by atoms with van der Waals surface area (Å²) >= 11 is 0. The molecule has 196 valence electrons. The third-order valence-corrected chi connectivity index (χ3v) is 5.62. The molecule has 36 heavy (non-hydrogen) atoms. The average molecular weight is 485 g/mol. The third-order valence-electron chi connectivity index (χ3n) is 5.62. The number of rotatable bonds is 6. The van der Waals surface area contributed by atoms with Crippen LogP contribution < -0.4 is 0 Å². The molecule has 0 atom stereocenters. The van der Waals surface area contributed by atoms with Crippen LogP contribution in [0.5, 0.6) is 0 Å². The second-order valence-corrected chi connectivity index (χ2v) is 8.27. The lowest BCUT2D eigenvalue weighted by molar-refractivity contribution is 0.777. The molecule has 0 aromatic heterocycles. The monoisotopic (exact) mass is 484 g/mol. The van der Waals surface area contributed by atoms with Gasteiger partial charge in [0.15, 0.2) is 0 Å². The predicted octanol–water partition coefficient (Wildman–Crippen LogP) is 11.8. The lowest BCUT2D eigenvalue weighted by Crippen LogP contribution is -1.98. The van der Waals surface area contributed by atoms with E-state index in [9.17, 15) is 0 Å². The van der Waals surface area contributed by atoms with Crippen molar-refractivity contribution in [3.8, 4) is 0 Å². The van der Waals surface area contributed by atoms with E-state index in [0.717, 1.165) is 12.8 Å². The maximum Gasteiger partial charge on any atom is 0.00867 e. The molecular formula is C36H52. The first-order chi connectivity index (χ1) is 16.2. The summed E-state index contributed by atoms with van der Waals surface area (Å²) in [5.74, 6) is 1.07. The minimum atomic E-state index is 0. The summed E-state index contributed by atoms with van der Waals surface area (Å²) in [6, 6.07) is 42.9. The molecule has 0 unspecified atom stereocenters. The van der Waals surface area contributed by atoms with Crippen molar-refractivity contribution in [3.63, 3.8) is 0 Å². The molecule has 0 spiro atoms. The van der Waals surface area contributed by atoms with E-state index in [1.165, 1.54) is 28.7 Å². The summed E-state index contributed by atoms with van der Waals surface area (Å²) < 4.78 is 0. The van der Waals surface area contributed by atoms with E-state index in [1.807, 2.05) is 0 Å². The molecule has 0 aliphatic rings. The SMILES string of the molecule is C.C.C.CCC.CCC(c1ccccc1)c1ccccc1.CCC(c1ccccc1)c1ccccc1. The van der Waals surface area contributed by atoms with Crippen molar-refractivity contribution >= 4 is 0 Å². The highest BCUT2D eigenvalue weighted by Gasteiger charge is 2.11. The normalized spacial score (nSPS) is 9.28. The molecule has 0 heteroatoms. The van der Waals surface area contributed by atoms with Crippen LogP contribution in [0.3, 0.4) is 0 Å². The first-order valence-electron chi connectivity index (χ1n) is 12.4. The van der Waals surface area contributed by atoms with E-state index in [2.05, 4.69) is 149 Å². The van der Waals surface area contributed by atoms with Crippen LogP contribution in [0.2, 0.25) is 0 Å². The Bertz CT molecular complexity index is 797. The molecule has 4 rings (SSSR count). The molecule has 0 radical (unpaired) electrons. The maximum absolute atomic E-state index is 2.24. The second kappa shape index (κ2) is 21.2. The predicted molar refractivity (Wildman–Crippen MR) is 166 cm³/mol. The van der Waals surface area contributed by atoms with Gasteiger partial charge in [0.05, 0.1) is 0 Å². The van der Waals surface area contributed by atoms with Gasteiger partial charge in [-0.2, -0.15) is 0 Å². The fourth-order valence-electron chi connectivity index (χ4n) is 4.07. The smallest absolute Gasteiger partial charge is 0.00867 e. The van der Waals surface area contributed by atoms with Crippen LogP contribution >= 0.6 is 0 Å². The van der Waals surface area contributed by atoms with E-state index in [1.54, 1.807) is 0 Å². The summed E-state index contributed by atoms with van der Waals surface area (Å²) in [6.45, 7) is 8.73. The molecule has 4 aromatic carbocycles. The Balaban J connectivity index is 0. The largest absolute Gasteiger partial charge is 0.0776 e. The van der Waals surface area contributed by atoms with Gasteiger partial charge in [-0.05, 0) is 35.1 Å². The Morgan fingerprint density at radius 3 is 0.667 bits per heavy atom. The molecule has 4 aromatic rings. The Kier molecular flexibility index (Phi) is 20.6. The fraction of sp³-hybridized carbons (Fsp3) is 0.333. The molecule has 0 aliphatic heterocycles. The molecular weight excluding hydrogens is 432 g/mol. The van der Waals surface area contributed by atoms with Crippen LogP contribution in [0.1, 0.15) is 103 Å². The highest BCUT2D eigenvalue weighted by Crippen LogP contribution is 2.28. The zero-order valence-electron chi connectivity index (χ0n) is 20.8. The molecule has 0 saturated carbocycles. The first kappa shape index (κ1) is 35.0. The van der Waals surface area contributed by atoms with Crippen molar-refractivity contribution in [1.82, 2.24) is 0 Å². The summed E-state index contributed by atoms with van der Waals surface area (Å²) in [4.78, 5) is 0. The van der Waals surface area contributed by atoms with Crippen molar-refractivity contribution in [2.75, 3.05) is 0 Å². The zero-order chi connectivity index (χ0) is 23.7. The van der Waals surface area contributed by atoms with Gasteiger partial charge >= 0.3 is 0 Å². The molecule has 0 saturated heterocycles. The lowest BCUT2D eigenvalue weighted by Gasteiger charge is -2.15. The van der Waals surface area contributed by atoms with E-state index in [-0.39, 0.29) is 22.3 Å². The van der Waals surface area contributed by atoms with Crippen molar-refractivity contribution in [3.05, 3.63) is 144 Å². The van der Waals surface area contributed by atoms with Gasteiger partial charge in [-0.1, -0.05) is 178 Å². The average Bonchev–Trinajstić information content (AvgIpc) is 2.89. The van der Waals surface area contributed by atoms with Gasteiger partial charge in [-0.25, -0.2) is 0 Å². The van der Waals surface area contributed by atoms with Crippen molar-refractivity contribution in [2.45, 2.75) is 81.1 Å². The van der Waals surface area contributed by atoms with E-state index in [0.29, 0.717) is 11.8 Å². The van der Waals surface area contributed by atoms with Crippen LogP contribution in [0.25, 0.3) is 0 Å². The first-order valence-corrected chi connectivity index (χ1v) is 12.4. The van der Waals surface area contributed by atoms with Gasteiger partial charge in [0.2, 0.25) is 0 Å². The fourth-order valence-corrected chi connectivity index (χ4v) is 4.07. The molecule has 0 nitrogen and oxygen atoms in total. The Hall–Kier alpha value is -3.12. The summed E-state index contributed by atoms with van der Waals surface area (Å²) in [7, 11) is 0. The number of hydrogen-bond donors (Lipinski definition) is 0. The van der Waals surface area contributed by atoms with Gasteiger partial charge in [-0.15, -0.1) is 0 Å². The van der Waals surface area contributed by atoms with E-state index >= 15 is 0 Å². The Morgan fingerprint density at radius 2 is 0.528 bits per heavy atom. The van der Waals surface area contributed by atoms with Crippen LogP contribution in [0.15, 0.2) is 121 Å². The second-order valence-electron chi connectivity index (χ2n) is 8.27.